The van der Waals surface area contributed by atoms with Crippen LogP contribution in [0.15, 0.2) is 22.6 Å². The Bertz CT molecular complexity index is 1780. The average Bonchev–Trinajstić information content (AvgIpc) is 3.59. The van der Waals surface area contributed by atoms with Crippen molar-refractivity contribution in [3.63, 3.8) is 0 Å². The van der Waals surface area contributed by atoms with Crippen LogP contribution in [0.3, 0.4) is 0 Å². The Labute approximate surface area is 291 Å². The number of hydrogen-bond donors (Lipinski definition) is 9. The number of amides is 4. The Morgan fingerprint density at radius 2 is 1.86 bits per heavy atom. The zero-order valence-corrected chi connectivity index (χ0v) is 28.5. The van der Waals surface area contributed by atoms with E-state index in [1.165, 1.54) is 41.2 Å². The van der Waals surface area contributed by atoms with Gasteiger partial charge in [0.15, 0.2) is 23.2 Å². The maximum absolute atomic E-state index is 13.3. The number of nitrogens with one attached hydrogen (secondary N) is 3. The molecule has 4 amide bonds. The normalized spacial score (nSPS) is 17.6. The van der Waals surface area contributed by atoms with E-state index in [0.717, 1.165) is 16.4 Å². The molecule has 2 aliphatic rings. The molecule has 2 aromatic heterocycles. The quantitative estimate of drug-likeness (QED) is 0.0277. The summed E-state index contributed by atoms with van der Waals surface area (Å²) >= 11 is 1.92. The van der Waals surface area contributed by atoms with Crippen LogP contribution in [0.1, 0.15) is 26.1 Å². The summed E-state index contributed by atoms with van der Waals surface area (Å²) in [6.45, 7) is 2.54. The molecule has 1 saturated heterocycles. The summed E-state index contributed by atoms with van der Waals surface area (Å²) in [5.41, 5.74) is 20.6. The summed E-state index contributed by atoms with van der Waals surface area (Å²) in [6, 6.07) is -1.68. The summed E-state index contributed by atoms with van der Waals surface area (Å²) in [5.74, 6) is -5.81. The highest BCUT2D eigenvalue weighted by Crippen LogP contribution is 2.40. The van der Waals surface area contributed by atoms with Gasteiger partial charge >= 0.3 is 11.9 Å². The Balaban J connectivity index is 1.49. The van der Waals surface area contributed by atoms with Crippen LogP contribution in [0.4, 0.5) is 16.6 Å². The van der Waals surface area contributed by atoms with Gasteiger partial charge in [0.05, 0.1) is 13.1 Å². The lowest BCUT2D eigenvalue weighted by atomic mass is 10.0. The van der Waals surface area contributed by atoms with Crippen molar-refractivity contribution in [3.05, 3.63) is 23.3 Å². The first-order chi connectivity index (χ1) is 23.5. The smallest absolute Gasteiger partial charge is 0.352 e. The number of hydrogen-bond acceptors (Lipinski definition) is 16. The molecule has 4 rings (SSSR count). The second-order valence-electron chi connectivity index (χ2n) is 11.4. The van der Waals surface area contributed by atoms with E-state index in [1.807, 2.05) is 0 Å². The Hall–Kier alpha value is -5.33. The van der Waals surface area contributed by atoms with E-state index in [0.29, 0.717) is 5.57 Å². The second-order valence-corrected chi connectivity index (χ2v) is 13.3. The average molecular weight is 739 g/mol. The molecule has 270 valence electrons. The van der Waals surface area contributed by atoms with E-state index in [9.17, 15) is 39.0 Å². The van der Waals surface area contributed by atoms with Crippen molar-refractivity contribution in [2.75, 3.05) is 35.6 Å². The van der Waals surface area contributed by atoms with Gasteiger partial charge in [0, 0.05) is 35.9 Å². The molecule has 0 radical (unpaired) electrons. The van der Waals surface area contributed by atoms with Gasteiger partial charge in [-0.2, -0.15) is 9.36 Å². The highest BCUT2D eigenvalue weighted by Gasteiger charge is 2.55. The van der Waals surface area contributed by atoms with Crippen LogP contribution in [-0.4, -0.2) is 112 Å². The van der Waals surface area contributed by atoms with Crippen molar-refractivity contribution >= 4 is 81.2 Å². The van der Waals surface area contributed by atoms with Gasteiger partial charge in [-0.15, -0.1) is 21.1 Å². The number of nitrogen functional groups attached to an aromatic ring is 2. The molecule has 0 aliphatic carbocycles. The third-order valence-corrected chi connectivity index (χ3v) is 9.34. The number of carboxylic acids is 2. The van der Waals surface area contributed by atoms with Crippen LogP contribution in [0.2, 0.25) is 0 Å². The molecule has 0 bridgehead atoms. The highest BCUT2D eigenvalue weighted by molar-refractivity contribution is 8.00. The topological polar surface area (TPSA) is 342 Å². The van der Waals surface area contributed by atoms with Crippen molar-refractivity contribution in [2.45, 2.75) is 49.9 Å². The molecule has 13 N–H and O–H groups in total. The molecule has 2 atom stereocenters. The minimum atomic E-state index is -1.84. The van der Waals surface area contributed by atoms with E-state index < -0.39 is 70.8 Å². The van der Waals surface area contributed by atoms with Crippen molar-refractivity contribution in [3.8, 4) is 0 Å². The highest BCUT2D eigenvalue weighted by atomic mass is 32.2. The van der Waals surface area contributed by atoms with E-state index in [1.54, 1.807) is 7.05 Å². The first kappa shape index (κ1) is 37.5. The van der Waals surface area contributed by atoms with Crippen LogP contribution in [-0.2, 0) is 47.2 Å². The fraction of sp³-hybridized carbons (Fsp3) is 0.462. The molecule has 50 heavy (non-hydrogen) atoms. The number of aliphatic carboxylic acids is 2. The van der Waals surface area contributed by atoms with Gasteiger partial charge in [0.1, 0.15) is 23.5 Å². The third kappa shape index (κ3) is 7.93. The van der Waals surface area contributed by atoms with Crippen LogP contribution in [0.5, 0.6) is 0 Å². The van der Waals surface area contributed by atoms with Gasteiger partial charge in [-0.05, 0) is 13.8 Å². The zero-order chi connectivity index (χ0) is 37.1. The van der Waals surface area contributed by atoms with E-state index in [4.69, 9.17) is 27.8 Å². The lowest BCUT2D eigenvalue weighted by Gasteiger charge is -2.49. The number of nitrogens with two attached hydrogens (primary N) is 4. The molecule has 1 fully saturated rings. The number of nitrogens with zero attached hydrogens (tertiary/aromatic N) is 6. The van der Waals surface area contributed by atoms with Crippen LogP contribution < -0.4 is 43.6 Å². The summed E-state index contributed by atoms with van der Waals surface area (Å²) in [4.78, 5) is 85.2. The number of β-lactam (4-membered cyclic amide) rings is 1. The standard InChI is InChI=1S/C26H35N13O9S2/c1-26(2,24(46)47)48-35-15(19-34-25(30)50-36-19)20(42)33-16-21(43)39-17(23(44)45)10(9-49-22(16)39)7-38-8-12(18(29)37(38)3)32-14(41)4-13(40)31-11(5-27)6-28/h8,11,16,22,29H,4-7,9,27-28H2,1-3H3,(H7,30,31,32,33,34,36,40,41,42,44,45,46,47)/p+1/b35-15-/t16-,22-/m1/s1. The molecule has 0 aromatic carbocycles. The predicted molar refractivity (Wildman–Crippen MR) is 177 cm³/mol. The fourth-order valence-electron chi connectivity index (χ4n) is 4.62. The monoisotopic (exact) mass is 738 g/mol. The lowest BCUT2D eigenvalue weighted by molar-refractivity contribution is -0.765. The van der Waals surface area contributed by atoms with Crippen molar-refractivity contribution < 1.29 is 48.5 Å². The van der Waals surface area contributed by atoms with Crippen molar-refractivity contribution in [1.82, 2.24) is 29.6 Å². The lowest BCUT2D eigenvalue weighted by Crippen LogP contribution is -2.71. The van der Waals surface area contributed by atoms with Gasteiger partial charge in [-0.3, -0.25) is 24.1 Å². The van der Waals surface area contributed by atoms with Gasteiger partial charge < -0.3 is 53.9 Å². The molecule has 0 saturated carbocycles. The summed E-state index contributed by atoms with van der Waals surface area (Å²) in [7, 11) is 1.57. The maximum atomic E-state index is 13.3. The van der Waals surface area contributed by atoms with Crippen molar-refractivity contribution in [1.29, 1.82) is 0 Å². The minimum absolute atomic E-state index is 0.0189. The maximum Gasteiger partial charge on any atom is 0.352 e. The summed E-state index contributed by atoms with van der Waals surface area (Å²) in [5, 5.41) is 29.9. The molecule has 2 aromatic rings. The Morgan fingerprint density at radius 3 is 2.44 bits per heavy atom. The van der Waals surface area contributed by atoms with Crippen molar-refractivity contribution in [2.24, 2.45) is 23.7 Å². The number of rotatable bonds is 15. The number of fused-ring (bicyclic) bond motifs is 1. The third-order valence-electron chi connectivity index (χ3n) is 7.46. The Kier molecular flexibility index (Phi) is 11.3. The van der Waals surface area contributed by atoms with E-state index in [-0.39, 0.29) is 53.5 Å². The first-order valence-corrected chi connectivity index (χ1v) is 16.4. The summed E-state index contributed by atoms with van der Waals surface area (Å²) < 4.78 is 6.88. The SMILES string of the molecule is Cn1c(N)c(NC(=O)CC(=O)NC(CN)CN)c[n+]1CC1=C(C(=O)O)N2C(=O)[C@@H](NC(=O)/C(=N\OC(C)(C)C(=O)O)c3nsc(N)n3)[C@H]2SC1. The largest absolute Gasteiger partial charge is 0.478 e. The van der Waals surface area contributed by atoms with Gasteiger partial charge in [0.25, 0.3) is 11.8 Å². The number of carbonyl (C=O) groups is 6. The van der Waals surface area contributed by atoms with Crippen LogP contribution >= 0.6 is 23.3 Å². The number of aromatic nitrogens is 4. The fourth-order valence-corrected chi connectivity index (χ4v) is 6.39. The number of carbonyl (C=O) groups excluding carboxylic acids is 4. The second kappa shape index (κ2) is 15.1. The van der Waals surface area contributed by atoms with E-state index >= 15 is 0 Å². The number of carboxylic acid groups (broad SMARTS) is 2. The van der Waals surface area contributed by atoms with E-state index in [2.05, 4.69) is 30.5 Å². The predicted octanol–water partition coefficient (Wildman–Crippen LogP) is -3.92. The number of thioether (sulfide) groups is 1. The Morgan fingerprint density at radius 1 is 1.18 bits per heavy atom. The number of anilines is 3. The summed E-state index contributed by atoms with van der Waals surface area (Å²) in [6.07, 6.45) is 0.923. The molecule has 22 nitrogen and oxygen atoms in total. The first-order valence-electron chi connectivity index (χ1n) is 14.6. The molecule has 4 heterocycles. The molecular formula is C26H36N13O9S2+. The minimum Gasteiger partial charge on any atom is -0.478 e. The molecule has 2 aliphatic heterocycles. The zero-order valence-electron chi connectivity index (χ0n) is 26.9. The van der Waals surface area contributed by atoms with Gasteiger partial charge in [-0.25, -0.2) is 9.59 Å². The van der Waals surface area contributed by atoms with Gasteiger partial charge in [-0.1, -0.05) is 5.16 Å². The molecule has 0 unspecified atom stereocenters. The molecule has 0 spiro atoms. The van der Waals surface area contributed by atoms with Gasteiger partial charge in [0.2, 0.25) is 35.1 Å². The van der Waals surface area contributed by atoms with Crippen LogP contribution in [0.25, 0.3) is 0 Å². The van der Waals surface area contributed by atoms with Crippen LogP contribution in [0, 0.1) is 0 Å². The number of oxime groups is 1. The molecule has 24 heteroatoms. The molecular weight excluding hydrogens is 703 g/mol.